The Kier molecular flexibility index (Phi) is 3.82. The van der Waals surface area contributed by atoms with Crippen molar-refractivity contribution in [3.05, 3.63) is 46.7 Å². The molecular formula is C12H10ClF3N2O. The quantitative estimate of drug-likeness (QED) is 0.943. The van der Waals surface area contributed by atoms with E-state index >= 15 is 0 Å². The summed E-state index contributed by atoms with van der Waals surface area (Å²) in [6.07, 6.45) is -2.89. The lowest BCUT2D eigenvalue weighted by Gasteiger charge is -2.13. The number of hydrogen-bond acceptors (Lipinski definition) is 2. The van der Waals surface area contributed by atoms with E-state index in [1.807, 2.05) is 0 Å². The van der Waals surface area contributed by atoms with Gasteiger partial charge < -0.3 is 5.11 Å². The molecule has 7 heteroatoms. The molecule has 2 rings (SSSR count). The fraction of sp³-hybridized carbons (Fsp3) is 0.250. The second kappa shape index (κ2) is 5.22. The molecule has 0 bridgehead atoms. The van der Waals surface area contributed by atoms with Crippen LogP contribution < -0.4 is 0 Å². The maximum absolute atomic E-state index is 12.9. The predicted molar refractivity (Wildman–Crippen MR) is 64.4 cm³/mol. The zero-order chi connectivity index (χ0) is 14.0. The van der Waals surface area contributed by atoms with Crippen molar-refractivity contribution < 1.29 is 18.3 Å². The number of aliphatic hydroxyl groups is 1. The van der Waals surface area contributed by atoms with E-state index < -0.39 is 11.7 Å². The fourth-order valence-corrected chi connectivity index (χ4v) is 2.00. The second-order valence-electron chi connectivity index (χ2n) is 3.86. The molecule has 0 aliphatic carbocycles. The van der Waals surface area contributed by atoms with Crippen LogP contribution in [-0.2, 0) is 12.6 Å². The van der Waals surface area contributed by atoms with Crippen molar-refractivity contribution in [3.8, 4) is 5.69 Å². The van der Waals surface area contributed by atoms with Crippen molar-refractivity contribution in [1.82, 2.24) is 9.78 Å². The Balaban J connectivity index is 2.54. The molecule has 1 N–H and O–H groups in total. The first-order chi connectivity index (χ1) is 8.95. The Bertz CT molecular complexity index is 581. The molecule has 0 fully saturated rings. The second-order valence-corrected chi connectivity index (χ2v) is 4.22. The minimum atomic E-state index is -4.48. The summed E-state index contributed by atoms with van der Waals surface area (Å²) in [5.41, 5.74) is -0.444. The average molecular weight is 291 g/mol. The van der Waals surface area contributed by atoms with Gasteiger partial charge in [0.2, 0.25) is 0 Å². The molecule has 0 aliphatic heterocycles. The van der Waals surface area contributed by atoms with Gasteiger partial charge in [0.1, 0.15) is 5.15 Å². The van der Waals surface area contributed by atoms with Crippen molar-refractivity contribution >= 4 is 11.6 Å². The van der Waals surface area contributed by atoms with Crippen molar-refractivity contribution in [2.24, 2.45) is 0 Å². The fourth-order valence-electron chi connectivity index (χ4n) is 1.72. The molecule has 1 aromatic carbocycles. The van der Waals surface area contributed by atoms with Crippen LogP contribution in [-0.4, -0.2) is 21.5 Å². The van der Waals surface area contributed by atoms with Crippen LogP contribution in [0.3, 0.4) is 0 Å². The number of benzene rings is 1. The molecule has 102 valence electrons. The number of aromatic nitrogens is 2. The largest absolute Gasteiger partial charge is 0.418 e. The van der Waals surface area contributed by atoms with E-state index in [4.69, 9.17) is 16.7 Å². The minimum Gasteiger partial charge on any atom is -0.396 e. The summed E-state index contributed by atoms with van der Waals surface area (Å²) in [4.78, 5) is 0. The van der Waals surface area contributed by atoms with Crippen LogP contribution in [0.4, 0.5) is 13.2 Å². The molecule has 0 unspecified atom stereocenters. The van der Waals surface area contributed by atoms with Crippen molar-refractivity contribution in [3.63, 3.8) is 0 Å². The highest BCUT2D eigenvalue weighted by atomic mass is 35.5. The normalized spacial score (nSPS) is 11.8. The van der Waals surface area contributed by atoms with Crippen LogP contribution in [0.15, 0.2) is 30.5 Å². The van der Waals surface area contributed by atoms with E-state index in [1.54, 1.807) is 0 Å². The maximum atomic E-state index is 12.9. The van der Waals surface area contributed by atoms with E-state index in [9.17, 15) is 13.2 Å². The Labute approximate surface area is 112 Å². The third kappa shape index (κ3) is 2.74. The molecule has 0 spiro atoms. The smallest absolute Gasteiger partial charge is 0.396 e. The number of para-hydroxylation sites is 1. The predicted octanol–water partition coefficient (Wildman–Crippen LogP) is 3.08. The SMILES string of the molecule is OCCc1cnn(-c2ccccc2C(F)(F)F)c1Cl. The summed E-state index contributed by atoms with van der Waals surface area (Å²) in [5.74, 6) is 0. The van der Waals surface area contributed by atoms with Crippen molar-refractivity contribution in [2.45, 2.75) is 12.6 Å². The van der Waals surface area contributed by atoms with Crippen LogP contribution in [0, 0.1) is 0 Å². The summed E-state index contributed by atoms with van der Waals surface area (Å²) >= 11 is 5.98. The van der Waals surface area contributed by atoms with Crippen LogP contribution in [0.25, 0.3) is 5.69 Å². The van der Waals surface area contributed by atoms with Crippen molar-refractivity contribution in [1.29, 1.82) is 0 Å². The number of nitrogens with zero attached hydrogens (tertiary/aromatic N) is 2. The topological polar surface area (TPSA) is 38.1 Å². The molecule has 0 amide bonds. The van der Waals surface area contributed by atoms with Crippen LogP contribution in [0.5, 0.6) is 0 Å². The zero-order valence-electron chi connectivity index (χ0n) is 9.65. The number of rotatable bonds is 3. The Hall–Kier alpha value is -1.53. The summed E-state index contributed by atoms with van der Waals surface area (Å²) in [5, 5.41) is 12.8. The van der Waals surface area contributed by atoms with E-state index in [1.165, 1.54) is 24.4 Å². The monoisotopic (exact) mass is 290 g/mol. The van der Waals surface area contributed by atoms with Gasteiger partial charge in [0.15, 0.2) is 0 Å². The third-order valence-electron chi connectivity index (χ3n) is 2.60. The summed E-state index contributed by atoms with van der Waals surface area (Å²) in [6, 6.07) is 5.05. The first-order valence-electron chi connectivity index (χ1n) is 5.45. The van der Waals surface area contributed by atoms with Gasteiger partial charge in [-0.25, -0.2) is 4.68 Å². The Morgan fingerprint density at radius 3 is 2.58 bits per heavy atom. The highest BCUT2D eigenvalue weighted by Gasteiger charge is 2.34. The Morgan fingerprint density at radius 2 is 1.95 bits per heavy atom. The minimum absolute atomic E-state index is 0.0748. The van der Waals surface area contributed by atoms with Gasteiger partial charge in [0.25, 0.3) is 0 Å². The zero-order valence-corrected chi connectivity index (χ0v) is 10.4. The molecule has 0 saturated heterocycles. The van der Waals surface area contributed by atoms with Gasteiger partial charge in [-0.3, -0.25) is 0 Å². The van der Waals surface area contributed by atoms with Gasteiger partial charge in [-0.2, -0.15) is 18.3 Å². The van der Waals surface area contributed by atoms with Gasteiger partial charge in [0.05, 0.1) is 17.4 Å². The van der Waals surface area contributed by atoms with Gasteiger partial charge in [-0.15, -0.1) is 0 Å². The standard InChI is InChI=1S/C12H10ClF3N2O/c13-11-8(5-6-19)7-17-18(11)10-4-2-1-3-9(10)12(14,15)16/h1-4,7,19H,5-6H2. The molecule has 0 saturated carbocycles. The van der Waals surface area contributed by atoms with Gasteiger partial charge in [-0.05, 0) is 12.1 Å². The molecule has 1 heterocycles. The lowest BCUT2D eigenvalue weighted by atomic mass is 10.1. The first-order valence-corrected chi connectivity index (χ1v) is 5.83. The van der Waals surface area contributed by atoms with E-state index in [2.05, 4.69) is 5.10 Å². The molecule has 0 aliphatic rings. The van der Waals surface area contributed by atoms with Crippen molar-refractivity contribution in [2.75, 3.05) is 6.61 Å². The van der Waals surface area contributed by atoms with E-state index in [0.29, 0.717) is 5.56 Å². The van der Waals surface area contributed by atoms with Crippen LogP contribution >= 0.6 is 11.6 Å². The van der Waals surface area contributed by atoms with Gasteiger partial charge in [0, 0.05) is 18.6 Å². The average Bonchev–Trinajstić information content (AvgIpc) is 2.71. The lowest BCUT2D eigenvalue weighted by molar-refractivity contribution is -0.137. The van der Waals surface area contributed by atoms with Gasteiger partial charge in [-0.1, -0.05) is 23.7 Å². The highest BCUT2D eigenvalue weighted by Crippen LogP contribution is 2.34. The Morgan fingerprint density at radius 1 is 1.26 bits per heavy atom. The molecule has 1 aromatic heterocycles. The lowest BCUT2D eigenvalue weighted by Crippen LogP contribution is -2.11. The summed E-state index contributed by atoms with van der Waals surface area (Å²) in [6.45, 7) is -0.146. The number of aliphatic hydroxyl groups excluding tert-OH is 1. The molecule has 2 aromatic rings. The van der Waals surface area contributed by atoms with E-state index in [0.717, 1.165) is 10.7 Å². The summed E-state index contributed by atoms with van der Waals surface area (Å²) in [7, 11) is 0. The van der Waals surface area contributed by atoms with Crippen LogP contribution in [0.2, 0.25) is 5.15 Å². The first kappa shape index (κ1) is 13.9. The highest BCUT2D eigenvalue weighted by molar-refractivity contribution is 6.30. The van der Waals surface area contributed by atoms with E-state index in [-0.39, 0.29) is 23.9 Å². The number of alkyl halides is 3. The molecule has 3 nitrogen and oxygen atoms in total. The van der Waals surface area contributed by atoms with Crippen LogP contribution in [0.1, 0.15) is 11.1 Å². The van der Waals surface area contributed by atoms with Gasteiger partial charge >= 0.3 is 6.18 Å². The summed E-state index contributed by atoms with van der Waals surface area (Å²) < 4.78 is 39.7. The molecular weight excluding hydrogens is 281 g/mol. The third-order valence-corrected chi connectivity index (χ3v) is 3.00. The molecule has 19 heavy (non-hydrogen) atoms. The molecule has 0 atom stereocenters. The number of hydrogen-bond donors (Lipinski definition) is 1. The number of halogens is 4. The maximum Gasteiger partial charge on any atom is 0.418 e. The molecule has 0 radical (unpaired) electrons.